The van der Waals surface area contributed by atoms with Gasteiger partial charge < -0.3 is 14.6 Å². The second kappa shape index (κ2) is 5.99. The number of hydrogen-bond acceptors (Lipinski definition) is 5. The highest BCUT2D eigenvalue weighted by atomic mass is 16.5. The van der Waals surface area contributed by atoms with Crippen LogP contribution >= 0.6 is 0 Å². The lowest BCUT2D eigenvalue weighted by molar-refractivity contribution is 0.136. The van der Waals surface area contributed by atoms with Gasteiger partial charge in [-0.1, -0.05) is 35.5 Å². The molecule has 0 saturated carbocycles. The number of carbonyl (C=O) groups excluding carboxylic acids is 1. The Morgan fingerprint density at radius 3 is 2.79 bits per heavy atom. The second-order valence-electron chi connectivity index (χ2n) is 4.10. The number of ether oxygens (including phenoxy) is 1. The molecule has 0 saturated heterocycles. The fourth-order valence-corrected chi connectivity index (χ4v) is 1.50. The molecule has 1 heterocycles. The van der Waals surface area contributed by atoms with Gasteiger partial charge in [0, 0.05) is 6.92 Å². The Balaban J connectivity index is 1.81. The number of alkyl carbamates (subject to hydrolysis) is 1. The molecule has 1 unspecified atom stereocenters. The van der Waals surface area contributed by atoms with E-state index < -0.39 is 6.09 Å². The SMILES string of the molecule is Cc1nc(C(C)NC(=O)OCc2ccccc2)no1. The van der Waals surface area contributed by atoms with Crippen molar-refractivity contribution in [2.75, 3.05) is 0 Å². The number of rotatable bonds is 4. The standard InChI is InChI=1S/C13H15N3O3/c1-9(12-15-10(2)19-16-12)14-13(17)18-8-11-6-4-3-5-7-11/h3-7,9H,8H2,1-2H3,(H,14,17). The first-order valence-corrected chi connectivity index (χ1v) is 5.92. The zero-order valence-corrected chi connectivity index (χ0v) is 10.8. The molecule has 0 radical (unpaired) electrons. The predicted molar refractivity (Wildman–Crippen MR) is 67.2 cm³/mol. The lowest BCUT2D eigenvalue weighted by Crippen LogP contribution is -2.27. The van der Waals surface area contributed by atoms with Crippen molar-refractivity contribution in [3.63, 3.8) is 0 Å². The minimum Gasteiger partial charge on any atom is -0.445 e. The number of aryl methyl sites for hydroxylation is 1. The predicted octanol–water partition coefficient (Wildman–Crippen LogP) is 2.37. The maximum Gasteiger partial charge on any atom is 0.408 e. The van der Waals surface area contributed by atoms with Crippen LogP contribution in [-0.4, -0.2) is 16.2 Å². The van der Waals surface area contributed by atoms with Crippen LogP contribution in [0.1, 0.15) is 30.2 Å². The van der Waals surface area contributed by atoms with Crippen molar-refractivity contribution >= 4 is 6.09 Å². The van der Waals surface area contributed by atoms with E-state index in [0.29, 0.717) is 11.7 Å². The Kier molecular flexibility index (Phi) is 4.12. The summed E-state index contributed by atoms with van der Waals surface area (Å²) >= 11 is 0. The van der Waals surface area contributed by atoms with Gasteiger partial charge in [0.1, 0.15) is 6.61 Å². The summed E-state index contributed by atoms with van der Waals surface area (Å²) in [4.78, 5) is 15.6. The molecule has 1 N–H and O–H groups in total. The highest BCUT2D eigenvalue weighted by Gasteiger charge is 2.15. The molecule has 19 heavy (non-hydrogen) atoms. The van der Waals surface area contributed by atoms with E-state index in [1.807, 2.05) is 30.3 Å². The first-order valence-electron chi connectivity index (χ1n) is 5.92. The maximum atomic E-state index is 11.6. The van der Waals surface area contributed by atoms with Gasteiger partial charge in [-0.25, -0.2) is 4.79 Å². The summed E-state index contributed by atoms with van der Waals surface area (Å²) in [6.45, 7) is 3.68. The van der Waals surface area contributed by atoms with E-state index in [1.165, 1.54) is 0 Å². The van der Waals surface area contributed by atoms with Gasteiger partial charge in [0.25, 0.3) is 0 Å². The van der Waals surface area contributed by atoms with E-state index in [4.69, 9.17) is 9.26 Å². The zero-order valence-electron chi connectivity index (χ0n) is 10.8. The molecule has 2 aromatic rings. The number of nitrogens with one attached hydrogen (secondary N) is 1. The highest BCUT2D eigenvalue weighted by Crippen LogP contribution is 2.08. The van der Waals surface area contributed by atoms with Crippen LogP contribution in [0.5, 0.6) is 0 Å². The summed E-state index contributed by atoms with van der Waals surface area (Å²) in [6, 6.07) is 9.10. The molecule has 1 amide bonds. The van der Waals surface area contributed by atoms with Crippen molar-refractivity contribution < 1.29 is 14.1 Å². The van der Waals surface area contributed by atoms with Gasteiger partial charge in [-0.2, -0.15) is 4.98 Å². The zero-order chi connectivity index (χ0) is 13.7. The summed E-state index contributed by atoms with van der Waals surface area (Å²) in [5, 5.41) is 6.36. The molecule has 0 aliphatic rings. The molecule has 2 rings (SSSR count). The Morgan fingerprint density at radius 2 is 2.16 bits per heavy atom. The van der Waals surface area contributed by atoms with Gasteiger partial charge in [-0.05, 0) is 12.5 Å². The van der Waals surface area contributed by atoms with Gasteiger partial charge >= 0.3 is 6.09 Å². The van der Waals surface area contributed by atoms with Gasteiger partial charge in [-0.3, -0.25) is 0 Å². The number of aromatic nitrogens is 2. The van der Waals surface area contributed by atoms with Crippen LogP contribution in [0.2, 0.25) is 0 Å². The summed E-state index contributed by atoms with van der Waals surface area (Å²) in [6.07, 6.45) is -0.515. The minimum atomic E-state index is -0.515. The van der Waals surface area contributed by atoms with Crippen LogP contribution in [0.4, 0.5) is 4.79 Å². The molecule has 0 spiro atoms. The summed E-state index contributed by atoms with van der Waals surface area (Å²) in [5.41, 5.74) is 0.931. The van der Waals surface area contributed by atoms with Gasteiger partial charge in [0.05, 0.1) is 6.04 Å². The lowest BCUT2D eigenvalue weighted by Gasteiger charge is -2.10. The number of amides is 1. The average molecular weight is 261 g/mol. The van der Waals surface area contributed by atoms with E-state index in [0.717, 1.165) is 5.56 Å². The van der Waals surface area contributed by atoms with Crippen LogP contribution in [0.25, 0.3) is 0 Å². The molecule has 0 aliphatic heterocycles. The van der Waals surface area contributed by atoms with Crippen molar-refractivity contribution in [1.29, 1.82) is 0 Å². The van der Waals surface area contributed by atoms with Gasteiger partial charge in [0.15, 0.2) is 5.82 Å². The van der Waals surface area contributed by atoms with E-state index in [1.54, 1.807) is 13.8 Å². The van der Waals surface area contributed by atoms with E-state index in [2.05, 4.69) is 15.5 Å². The quantitative estimate of drug-likeness (QED) is 0.914. The third kappa shape index (κ3) is 3.80. The smallest absolute Gasteiger partial charge is 0.408 e. The average Bonchev–Trinajstić information content (AvgIpc) is 2.84. The molecular weight excluding hydrogens is 246 g/mol. The monoisotopic (exact) mass is 261 g/mol. The summed E-state index contributed by atoms with van der Waals surface area (Å²) in [5.74, 6) is 0.885. The Morgan fingerprint density at radius 1 is 1.42 bits per heavy atom. The Bertz CT molecular complexity index is 539. The van der Waals surface area contributed by atoms with Crippen LogP contribution in [0.3, 0.4) is 0 Å². The first-order chi connectivity index (χ1) is 9.15. The number of carbonyl (C=O) groups is 1. The molecule has 6 nitrogen and oxygen atoms in total. The molecule has 100 valence electrons. The Labute approximate surface area is 110 Å². The van der Waals surface area contributed by atoms with Crippen molar-refractivity contribution in [1.82, 2.24) is 15.5 Å². The lowest BCUT2D eigenvalue weighted by atomic mass is 10.2. The third-order valence-corrected chi connectivity index (χ3v) is 2.48. The normalized spacial score (nSPS) is 11.9. The number of nitrogens with zero attached hydrogens (tertiary/aromatic N) is 2. The molecule has 6 heteroatoms. The molecule has 0 bridgehead atoms. The highest BCUT2D eigenvalue weighted by molar-refractivity contribution is 5.67. The molecule has 1 aromatic carbocycles. The van der Waals surface area contributed by atoms with E-state index in [-0.39, 0.29) is 12.6 Å². The molecule has 1 aromatic heterocycles. The summed E-state index contributed by atoms with van der Waals surface area (Å²) < 4.78 is 9.93. The van der Waals surface area contributed by atoms with Crippen LogP contribution in [0.15, 0.2) is 34.9 Å². The van der Waals surface area contributed by atoms with Crippen molar-refractivity contribution in [2.24, 2.45) is 0 Å². The minimum absolute atomic E-state index is 0.227. The van der Waals surface area contributed by atoms with Gasteiger partial charge in [-0.15, -0.1) is 0 Å². The summed E-state index contributed by atoms with van der Waals surface area (Å²) in [7, 11) is 0. The number of benzene rings is 1. The fourth-order valence-electron chi connectivity index (χ4n) is 1.50. The first kappa shape index (κ1) is 13.1. The van der Waals surface area contributed by atoms with Crippen LogP contribution in [-0.2, 0) is 11.3 Å². The van der Waals surface area contributed by atoms with Crippen molar-refractivity contribution in [3.8, 4) is 0 Å². The second-order valence-corrected chi connectivity index (χ2v) is 4.10. The van der Waals surface area contributed by atoms with Crippen molar-refractivity contribution in [3.05, 3.63) is 47.6 Å². The van der Waals surface area contributed by atoms with E-state index >= 15 is 0 Å². The third-order valence-electron chi connectivity index (χ3n) is 2.48. The topological polar surface area (TPSA) is 77.2 Å². The van der Waals surface area contributed by atoms with Crippen molar-refractivity contribution in [2.45, 2.75) is 26.5 Å². The Hall–Kier alpha value is -2.37. The maximum absolute atomic E-state index is 11.6. The van der Waals surface area contributed by atoms with Crippen LogP contribution < -0.4 is 5.32 Å². The van der Waals surface area contributed by atoms with Crippen LogP contribution in [0, 0.1) is 6.92 Å². The fraction of sp³-hybridized carbons (Fsp3) is 0.308. The molecular formula is C13H15N3O3. The molecule has 0 aliphatic carbocycles. The van der Waals surface area contributed by atoms with Gasteiger partial charge in [0.2, 0.25) is 5.89 Å². The largest absolute Gasteiger partial charge is 0.445 e. The molecule has 1 atom stereocenters. The number of hydrogen-bond donors (Lipinski definition) is 1. The van der Waals surface area contributed by atoms with E-state index in [9.17, 15) is 4.79 Å². The molecule has 0 fully saturated rings.